The lowest BCUT2D eigenvalue weighted by Crippen LogP contribution is -2.08. The minimum absolute atomic E-state index is 0.0758. The van der Waals surface area contributed by atoms with E-state index in [9.17, 15) is 17.6 Å². The normalized spacial score (nSPS) is 11.8. The van der Waals surface area contributed by atoms with Crippen LogP contribution in [0.5, 0.6) is 0 Å². The molecule has 0 unspecified atom stereocenters. The van der Waals surface area contributed by atoms with E-state index >= 15 is 0 Å². The second-order valence-electron chi connectivity index (χ2n) is 3.48. The third kappa shape index (κ3) is 2.13. The molecule has 0 saturated carbocycles. The molecule has 0 bridgehead atoms. The van der Waals surface area contributed by atoms with Crippen molar-refractivity contribution in [3.8, 4) is 11.1 Å². The molecule has 0 atom stereocenters. The molecule has 0 saturated heterocycles. The third-order valence-corrected chi connectivity index (χ3v) is 2.51. The maximum absolute atomic E-state index is 13.6. The summed E-state index contributed by atoms with van der Waals surface area (Å²) >= 11 is 5.53. The zero-order valence-electron chi connectivity index (χ0n) is 8.65. The number of anilines is 1. The van der Waals surface area contributed by atoms with E-state index in [1.807, 2.05) is 0 Å². The lowest BCUT2D eigenvalue weighted by Gasteiger charge is -2.08. The molecule has 0 aliphatic carbocycles. The van der Waals surface area contributed by atoms with E-state index in [1.54, 1.807) is 5.10 Å². The van der Waals surface area contributed by atoms with Crippen molar-refractivity contribution in [3.63, 3.8) is 0 Å². The average molecular weight is 280 g/mol. The van der Waals surface area contributed by atoms with Crippen molar-refractivity contribution in [3.05, 3.63) is 34.7 Å². The predicted octanol–water partition coefficient (Wildman–Crippen LogP) is 3.47. The molecule has 2 aromatic rings. The SMILES string of the molecule is Nc1n[nH]c(C(F)(F)F)c1-c1ccc(Cl)cc1F. The molecule has 1 aromatic carbocycles. The monoisotopic (exact) mass is 279 g/mol. The molecular weight excluding hydrogens is 274 g/mol. The van der Waals surface area contributed by atoms with E-state index in [0.29, 0.717) is 0 Å². The highest BCUT2D eigenvalue weighted by Crippen LogP contribution is 2.39. The van der Waals surface area contributed by atoms with Gasteiger partial charge in [0, 0.05) is 10.6 Å². The number of nitrogens with zero attached hydrogens (tertiary/aromatic N) is 1. The molecule has 0 amide bonds. The van der Waals surface area contributed by atoms with E-state index < -0.39 is 29.1 Å². The molecule has 1 heterocycles. The summed E-state index contributed by atoms with van der Waals surface area (Å²) in [5.74, 6) is -1.33. The molecule has 3 nitrogen and oxygen atoms in total. The van der Waals surface area contributed by atoms with Gasteiger partial charge < -0.3 is 5.73 Å². The Balaban J connectivity index is 2.67. The molecule has 0 aliphatic heterocycles. The fraction of sp³-hybridized carbons (Fsp3) is 0.100. The van der Waals surface area contributed by atoms with Gasteiger partial charge in [-0.15, -0.1) is 0 Å². The number of aromatic nitrogens is 2. The van der Waals surface area contributed by atoms with Gasteiger partial charge in [-0.25, -0.2) is 4.39 Å². The lowest BCUT2D eigenvalue weighted by molar-refractivity contribution is -0.140. The maximum Gasteiger partial charge on any atom is 0.433 e. The minimum Gasteiger partial charge on any atom is -0.382 e. The summed E-state index contributed by atoms with van der Waals surface area (Å²) in [7, 11) is 0. The number of rotatable bonds is 1. The minimum atomic E-state index is -4.70. The van der Waals surface area contributed by atoms with Gasteiger partial charge in [0.25, 0.3) is 0 Å². The first-order valence-electron chi connectivity index (χ1n) is 4.67. The Morgan fingerprint density at radius 3 is 2.50 bits per heavy atom. The van der Waals surface area contributed by atoms with E-state index in [2.05, 4.69) is 5.10 Å². The first-order chi connectivity index (χ1) is 8.30. The number of alkyl halides is 3. The Hall–Kier alpha value is -1.76. The lowest BCUT2D eigenvalue weighted by atomic mass is 10.0. The first kappa shape index (κ1) is 12.7. The van der Waals surface area contributed by atoms with Crippen LogP contribution in [0.1, 0.15) is 5.69 Å². The largest absolute Gasteiger partial charge is 0.433 e. The highest BCUT2D eigenvalue weighted by molar-refractivity contribution is 6.30. The number of H-pyrrole nitrogens is 1. The summed E-state index contributed by atoms with van der Waals surface area (Å²) in [6, 6.07) is 3.30. The smallest absolute Gasteiger partial charge is 0.382 e. The number of aromatic amines is 1. The zero-order valence-corrected chi connectivity index (χ0v) is 9.40. The number of nitrogens with one attached hydrogen (secondary N) is 1. The third-order valence-electron chi connectivity index (χ3n) is 2.28. The fourth-order valence-electron chi connectivity index (χ4n) is 1.53. The van der Waals surface area contributed by atoms with Gasteiger partial charge in [-0.1, -0.05) is 11.6 Å². The van der Waals surface area contributed by atoms with Crippen LogP contribution in [0.15, 0.2) is 18.2 Å². The molecule has 3 N–H and O–H groups in total. The van der Waals surface area contributed by atoms with Crippen LogP contribution >= 0.6 is 11.6 Å². The van der Waals surface area contributed by atoms with Gasteiger partial charge in [-0.3, -0.25) is 5.10 Å². The Bertz CT molecular complexity index is 591. The molecule has 96 valence electrons. The summed E-state index contributed by atoms with van der Waals surface area (Å²) in [4.78, 5) is 0. The Morgan fingerprint density at radius 2 is 1.94 bits per heavy atom. The standard InChI is InChI=1S/C10H6ClF4N3/c11-4-1-2-5(6(12)3-4)7-8(10(13,14)15)17-18-9(7)16/h1-3H,(H3,16,17,18). The first-order valence-corrected chi connectivity index (χ1v) is 5.05. The number of hydrogen-bond acceptors (Lipinski definition) is 2. The number of halogens is 5. The number of nitrogen functional groups attached to an aromatic ring is 1. The van der Waals surface area contributed by atoms with Crippen molar-refractivity contribution < 1.29 is 17.6 Å². The predicted molar refractivity (Wildman–Crippen MR) is 58.4 cm³/mol. The average Bonchev–Trinajstić information content (AvgIpc) is 2.60. The quantitative estimate of drug-likeness (QED) is 0.785. The van der Waals surface area contributed by atoms with E-state index in [-0.39, 0.29) is 10.6 Å². The van der Waals surface area contributed by atoms with Crippen molar-refractivity contribution in [2.45, 2.75) is 6.18 Å². The molecule has 0 fully saturated rings. The summed E-state index contributed by atoms with van der Waals surface area (Å²) in [5.41, 5.74) is 3.32. The van der Waals surface area contributed by atoms with E-state index in [0.717, 1.165) is 12.1 Å². The van der Waals surface area contributed by atoms with Crippen LogP contribution in [0.2, 0.25) is 5.02 Å². The van der Waals surface area contributed by atoms with Crippen LogP contribution in [0, 0.1) is 5.82 Å². The molecule has 1 aromatic heterocycles. The van der Waals surface area contributed by atoms with Gasteiger partial charge in [0.05, 0.1) is 5.56 Å². The second kappa shape index (κ2) is 4.16. The summed E-state index contributed by atoms with van der Waals surface area (Å²) in [5, 5.41) is 5.09. The molecule has 0 spiro atoms. The van der Waals surface area contributed by atoms with Gasteiger partial charge in [-0.2, -0.15) is 18.3 Å². The number of nitrogens with two attached hydrogens (primary N) is 1. The van der Waals surface area contributed by atoms with Crippen molar-refractivity contribution in [2.75, 3.05) is 5.73 Å². The van der Waals surface area contributed by atoms with Crippen LogP contribution in [0.3, 0.4) is 0 Å². The van der Waals surface area contributed by atoms with Crippen LogP contribution < -0.4 is 5.73 Å². The van der Waals surface area contributed by atoms with Crippen molar-refractivity contribution >= 4 is 17.4 Å². The molecular formula is C10H6ClF4N3. The van der Waals surface area contributed by atoms with E-state index in [4.69, 9.17) is 17.3 Å². The van der Waals surface area contributed by atoms with Crippen LogP contribution in [-0.4, -0.2) is 10.2 Å². The van der Waals surface area contributed by atoms with Crippen LogP contribution in [0.4, 0.5) is 23.4 Å². The van der Waals surface area contributed by atoms with E-state index in [1.165, 1.54) is 6.07 Å². The Labute approximate surface area is 104 Å². The topological polar surface area (TPSA) is 54.7 Å². The Morgan fingerprint density at radius 1 is 1.28 bits per heavy atom. The molecule has 0 aliphatic rings. The second-order valence-corrected chi connectivity index (χ2v) is 3.92. The zero-order chi connectivity index (χ0) is 13.5. The van der Waals surface area contributed by atoms with Gasteiger partial charge in [-0.05, 0) is 18.2 Å². The molecule has 0 radical (unpaired) electrons. The van der Waals surface area contributed by atoms with Gasteiger partial charge in [0.15, 0.2) is 5.82 Å². The molecule has 2 rings (SSSR count). The highest BCUT2D eigenvalue weighted by Gasteiger charge is 2.38. The Kier molecular flexibility index (Phi) is 2.94. The van der Waals surface area contributed by atoms with Crippen molar-refractivity contribution in [1.82, 2.24) is 10.2 Å². The maximum atomic E-state index is 13.6. The van der Waals surface area contributed by atoms with Crippen LogP contribution in [-0.2, 0) is 6.18 Å². The van der Waals surface area contributed by atoms with Gasteiger partial charge in [0.2, 0.25) is 0 Å². The van der Waals surface area contributed by atoms with Gasteiger partial charge >= 0.3 is 6.18 Å². The number of benzene rings is 1. The molecule has 18 heavy (non-hydrogen) atoms. The van der Waals surface area contributed by atoms with Crippen LogP contribution in [0.25, 0.3) is 11.1 Å². The summed E-state index contributed by atoms with van der Waals surface area (Å²) in [6.45, 7) is 0. The summed E-state index contributed by atoms with van der Waals surface area (Å²) in [6.07, 6.45) is -4.70. The fourth-order valence-corrected chi connectivity index (χ4v) is 1.68. The van der Waals surface area contributed by atoms with Crippen molar-refractivity contribution in [2.24, 2.45) is 0 Å². The van der Waals surface area contributed by atoms with Gasteiger partial charge in [0.1, 0.15) is 11.5 Å². The highest BCUT2D eigenvalue weighted by atomic mass is 35.5. The van der Waals surface area contributed by atoms with Crippen molar-refractivity contribution in [1.29, 1.82) is 0 Å². The summed E-state index contributed by atoms with van der Waals surface area (Å²) < 4.78 is 51.7. The number of hydrogen-bond donors (Lipinski definition) is 2. The molecule has 8 heteroatoms.